The van der Waals surface area contributed by atoms with Crippen molar-refractivity contribution in [3.8, 4) is 0 Å². The zero-order valence-corrected chi connectivity index (χ0v) is 15.8. The van der Waals surface area contributed by atoms with E-state index in [1.54, 1.807) is 0 Å². The van der Waals surface area contributed by atoms with Crippen molar-refractivity contribution in [1.82, 2.24) is 15.6 Å². The van der Waals surface area contributed by atoms with Gasteiger partial charge in [-0.15, -0.1) is 24.0 Å². The zero-order chi connectivity index (χ0) is 14.9. The number of rotatable bonds is 7. The molecule has 0 atom stereocenters. The molecule has 0 spiro atoms. The van der Waals surface area contributed by atoms with Crippen LogP contribution in [0.4, 0.5) is 0 Å². The highest BCUT2D eigenvalue weighted by Gasteiger charge is 2.02. The topological polar surface area (TPSA) is 52.2 Å². The maximum atomic E-state index is 4.50. The molecule has 4 nitrogen and oxygen atoms in total. The monoisotopic (exact) mass is 414 g/mol. The number of hydrogen-bond donors (Lipinski definition) is 3. The molecular weight excluding hydrogens is 387 g/mol. The van der Waals surface area contributed by atoms with Crippen LogP contribution in [-0.4, -0.2) is 30.6 Å². The highest BCUT2D eigenvalue weighted by Crippen LogP contribution is 2.18. The van der Waals surface area contributed by atoms with Crippen LogP contribution in [0.1, 0.15) is 32.3 Å². The molecule has 2 rings (SSSR count). The maximum Gasteiger partial charge on any atom is 0.191 e. The smallest absolute Gasteiger partial charge is 0.191 e. The summed E-state index contributed by atoms with van der Waals surface area (Å²) in [7, 11) is 0. The molecule has 3 N–H and O–H groups in total. The van der Waals surface area contributed by atoms with Gasteiger partial charge in [0.1, 0.15) is 0 Å². The predicted molar refractivity (Wildman–Crippen MR) is 106 cm³/mol. The predicted octanol–water partition coefficient (Wildman–Crippen LogP) is 3.68. The number of aromatic amines is 1. The van der Waals surface area contributed by atoms with E-state index < -0.39 is 0 Å². The van der Waals surface area contributed by atoms with Crippen LogP contribution in [-0.2, 0) is 6.42 Å². The summed E-state index contributed by atoms with van der Waals surface area (Å²) in [5, 5.41) is 8.01. The Bertz CT molecular complexity index is 577. The van der Waals surface area contributed by atoms with Crippen LogP contribution in [0.15, 0.2) is 35.5 Å². The van der Waals surface area contributed by atoms with E-state index in [-0.39, 0.29) is 24.0 Å². The molecule has 5 heteroatoms. The van der Waals surface area contributed by atoms with Gasteiger partial charge in [-0.1, -0.05) is 25.1 Å². The summed E-state index contributed by atoms with van der Waals surface area (Å²) in [4.78, 5) is 7.83. The Balaban J connectivity index is 0.00000242. The summed E-state index contributed by atoms with van der Waals surface area (Å²) < 4.78 is 0. The standard InChI is InChI=1S/C17H26N4.HI/c1-3-11-19-17(18-4-2)20-12-7-8-14-13-21-16-10-6-5-9-15(14)16;/h5-6,9-10,13,21H,3-4,7-8,11-12H2,1-2H3,(H2,18,19,20);1H. The van der Waals surface area contributed by atoms with Crippen molar-refractivity contribution >= 4 is 40.8 Å². The number of guanidine groups is 1. The first-order valence-corrected chi connectivity index (χ1v) is 7.92. The number of aliphatic imine (C=N–C) groups is 1. The number of fused-ring (bicyclic) bond motifs is 1. The molecule has 0 bridgehead atoms. The number of H-pyrrole nitrogens is 1. The largest absolute Gasteiger partial charge is 0.361 e. The maximum absolute atomic E-state index is 4.50. The summed E-state index contributed by atoms with van der Waals surface area (Å²) in [5.41, 5.74) is 2.61. The molecule has 0 saturated heterocycles. The Labute approximate surface area is 150 Å². The average Bonchev–Trinajstić information content (AvgIpc) is 2.92. The fraction of sp³-hybridized carbons (Fsp3) is 0.471. The minimum absolute atomic E-state index is 0. The summed E-state index contributed by atoms with van der Waals surface area (Å²) in [5.74, 6) is 0.929. The fourth-order valence-corrected chi connectivity index (χ4v) is 2.39. The van der Waals surface area contributed by atoms with Crippen molar-refractivity contribution in [2.75, 3.05) is 19.6 Å². The molecular formula is C17H27IN4. The van der Waals surface area contributed by atoms with Crippen LogP contribution < -0.4 is 10.6 Å². The molecule has 0 aliphatic rings. The molecule has 1 heterocycles. The lowest BCUT2D eigenvalue weighted by atomic mass is 10.1. The van der Waals surface area contributed by atoms with E-state index in [2.05, 4.69) is 64.9 Å². The normalized spacial score (nSPS) is 11.3. The van der Waals surface area contributed by atoms with Gasteiger partial charge in [0.2, 0.25) is 0 Å². The van der Waals surface area contributed by atoms with Gasteiger partial charge in [0, 0.05) is 36.7 Å². The number of halogens is 1. The van der Waals surface area contributed by atoms with E-state index in [1.807, 2.05) is 0 Å². The minimum atomic E-state index is 0. The minimum Gasteiger partial charge on any atom is -0.361 e. The summed E-state index contributed by atoms with van der Waals surface area (Å²) in [6.07, 6.45) is 5.37. The lowest BCUT2D eigenvalue weighted by Gasteiger charge is -2.10. The SMILES string of the molecule is CCCN=C(NCC)NCCCc1c[nH]c2ccccc12.I. The Kier molecular flexibility index (Phi) is 8.96. The van der Waals surface area contributed by atoms with Crippen LogP contribution in [0.5, 0.6) is 0 Å². The van der Waals surface area contributed by atoms with Crippen LogP contribution in [0, 0.1) is 0 Å². The first-order chi connectivity index (χ1) is 10.3. The summed E-state index contributed by atoms with van der Waals surface area (Å²) >= 11 is 0. The van der Waals surface area contributed by atoms with Gasteiger partial charge in [0.25, 0.3) is 0 Å². The van der Waals surface area contributed by atoms with Gasteiger partial charge in [-0.2, -0.15) is 0 Å². The number of hydrogen-bond acceptors (Lipinski definition) is 1. The van der Waals surface area contributed by atoms with Gasteiger partial charge < -0.3 is 15.6 Å². The highest BCUT2D eigenvalue weighted by molar-refractivity contribution is 14.0. The van der Waals surface area contributed by atoms with Crippen LogP contribution in [0.2, 0.25) is 0 Å². The molecule has 0 aliphatic heterocycles. The van der Waals surface area contributed by atoms with Gasteiger partial charge in [-0.3, -0.25) is 4.99 Å². The van der Waals surface area contributed by atoms with E-state index in [0.717, 1.165) is 44.9 Å². The number of nitrogens with zero attached hydrogens (tertiary/aromatic N) is 1. The molecule has 0 fully saturated rings. The Hall–Kier alpha value is -1.24. The molecule has 122 valence electrons. The van der Waals surface area contributed by atoms with Gasteiger partial charge in [-0.05, 0) is 37.8 Å². The molecule has 2 aromatic rings. The number of aromatic nitrogens is 1. The van der Waals surface area contributed by atoms with Crippen molar-refractivity contribution in [2.24, 2.45) is 4.99 Å². The van der Waals surface area contributed by atoms with Crippen LogP contribution in [0.3, 0.4) is 0 Å². The van der Waals surface area contributed by atoms with E-state index in [0.29, 0.717) is 0 Å². The second-order valence-electron chi connectivity index (χ2n) is 5.15. The summed E-state index contributed by atoms with van der Waals surface area (Å²) in [6, 6.07) is 8.47. The Morgan fingerprint density at radius 2 is 2.00 bits per heavy atom. The van der Waals surface area contributed by atoms with E-state index >= 15 is 0 Å². The molecule has 22 heavy (non-hydrogen) atoms. The molecule has 1 aromatic carbocycles. The quantitative estimate of drug-likeness (QED) is 0.280. The van der Waals surface area contributed by atoms with E-state index in [4.69, 9.17) is 0 Å². The molecule has 0 aliphatic carbocycles. The molecule has 1 aromatic heterocycles. The second-order valence-corrected chi connectivity index (χ2v) is 5.15. The fourth-order valence-electron chi connectivity index (χ4n) is 2.39. The van der Waals surface area contributed by atoms with E-state index in [1.165, 1.54) is 16.5 Å². The first kappa shape index (κ1) is 18.8. The van der Waals surface area contributed by atoms with Gasteiger partial charge >= 0.3 is 0 Å². The third-order valence-corrected chi connectivity index (χ3v) is 3.43. The van der Waals surface area contributed by atoms with Crippen molar-refractivity contribution < 1.29 is 0 Å². The summed E-state index contributed by atoms with van der Waals surface area (Å²) in [6.45, 7) is 6.95. The van der Waals surface area contributed by atoms with E-state index in [9.17, 15) is 0 Å². The number of para-hydroxylation sites is 1. The average molecular weight is 414 g/mol. The first-order valence-electron chi connectivity index (χ1n) is 7.92. The van der Waals surface area contributed by atoms with Crippen molar-refractivity contribution in [3.05, 3.63) is 36.0 Å². The third-order valence-electron chi connectivity index (χ3n) is 3.43. The molecule has 0 radical (unpaired) electrons. The Morgan fingerprint density at radius 1 is 1.18 bits per heavy atom. The van der Waals surface area contributed by atoms with Gasteiger partial charge in [0.15, 0.2) is 5.96 Å². The third kappa shape index (κ3) is 5.51. The van der Waals surface area contributed by atoms with Crippen LogP contribution >= 0.6 is 24.0 Å². The van der Waals surface area contributed by atoms with Crippen molar-refractivity contribution in [3.63, 3.8) is 0 Å². The lowest BCUT2D eigenvalue weighted by Crippen LogP contribution is -2.38. The number of aryl methyl sites for hydroxylation is 1. The highest BCUT2D eigenvalue weighted by atomic mass is 127. The number of nitrogens with one attached hydrogen (secondary N) is 3. The second kappa shape index (κ2) is 10.5. The molecule has 0 amide bonds. The number of benzene rings is 1. The van der Waals surface area contributed by atoms with Crippen LogP contribution in [0.25, 0.3) is 10.9 Å². The lowest BCUT2D eigenvalue weighted by molar-refractivity contribution is 0.743. The van der Waals surface area contributed by atoms with Gasteiger partial charge in [0.05, 0.1) is 0 Å². The van der Waals surface area contributed by atoms with Crippen molar-refractivity contribution in [1.29, 1.82) is 0 Å². The molecule has 0 saturated carbocycles. The zero-order valence-electron chi connectivity index (χ0n) is 13.5. The Morgan fingerprint density at radius 3 is 2.77 bits per heavy atom. The molecule has 0 unspecified atom stereocenters. The van der Waals surface area contributed by atoms with Crippen molar-refractivity contribution in [2.45, 2.75) is 33.1 Å². The van der Waals surface area contributed by atoms with Gasteiger partial charge in [-0.25, -0.2) is 0 Å².